The number of nitrogens with one attached hydrogen (secondary N) is 2. The van der Waals surface area contributed by atoms with Crippen molar-refractivity contribution < 1.29 is 23.9 Å². The molecule has 0 fully saturated rings. The lowest BCUT2D eigenvalue weighted by Gasteiger charge is -2.19. The summed E-state index contributed by atoms with van der Waals surface area (Å²) in [5.41, 5.74) is 0.643. The summed E-state index contributed by atoms with van der Waals surface area (Å²) in [6.07, 6.45) is -1.43. The van der Waals surface area contributed by atoms with Crippen LogP contribution in [-0.2, 0) is 9.53 Å². The zero-order chi connectivity index (χ0) is 22.8. The van der Waals surface area contributed by atoms with Crippen LogP contribution in [0, 0.1) is 0 Å². The second kappa shape index (κ2) is 11.2. The summed E-state index contributed by atoms with van der Waals surface area (Å²) in [4.78, 5) is 41.4. The van der Waals surface area contributed by atoms with Gasteiger partial charge in [-0.25, -0.2) is 14.6 Å². The molecule has 0 bridgehead atoms. The Morgan fingerprint density at radius 2 is 1.71 bits per heavy atom. The summed E-state index contributed by atoms with van der Waals surface area (Å²) < 4.78 is 10.0. The first-order valence-corrected chi connectivity index (χ1v) is 9.49. The maximum Gasteiger partial charge on any atom is 0.415 e. The number of anilines is 2. The maximum atomic E-state index is 12.4. The number of carbonyl (C=O) groups is 3. The minimum atomic E-state index is -0.801. The molecule has 1 aromatic carbocycles. The molecule has 31 heavy (non-hydrogen) atoms. The van der Waals surface area contributed by atoms with Gasteiger partial charge >= 0.3 is 12.2 Å². The summed E-state index contributed by atoms with van der Waals surface area (Å²) in [6, 6.07) is 10.2. The summed E-state index contributed by atoms with van der Waals surface area (Å²) in [6.45, 7) is 5.75. The standard InChI is InChI=1S/C20H24N6O5/c1-5-26(6-2)20(29)31-16-12-15(25-24-14-10-8-7-9-11-14)17(23-19(28)30-4)22-18(16)21-13(3)27/h7-12H,5-6H2,1-4H3,(H2,21,22,23,27,28). The van der Waals surface area contributed by atoms with Gasteiger partial charge in [-0.3, -0.25) is 10.1 Å². The zero-order valence-corrected chi connectivity index (χ0v) is 17.7. The first-order valence-electron chi connectivity index (χ1n) is 9.49. The third kappa shape index (κ3) is 6.77. The highest BCUT2D eigenvalue weighted by atomic mass is 16.6. The number of carbonyl (C=O) groups excluding carboxylic acids is 3. The van der Waals surface area contributed by atoms with Crippen molar-refractivity contribution in [2.24, 2.45) is 10.2 Å². The van der Waals surface area contributed by atoms with Crippen LogP contribution in [0.2, 0.25) is 0 Å². The minimum absolute atomic E-state index is 0.0436. The van der Waals surface area contributed by atoms with Gasteiger partial charge in [-0.2, -0.15) is 5.11 Å². The van der Waals surface area contributed by atoms with Crippen molar-refractivity contribution in [3.05, 3.63) is 36.4 Å². The quantitative estimate of drug-likeness (QED) is 0.625. The van der Waals surface area contributed by atoms with Crippen LogP contribution in [0.25, 0.3) is 0 Å². The van der Waals surface area contributed by atoms with E-state index in [1.807, 2.05) is 6.07 Å². The molecule has 0 saturated heterocycles. The van der Waals surface area contributed by atoms with Crippen LogP contribution in [0.3, 0.4) is 0 Å². The largest absolute Gasteiger partial charge is 0.453 e. The van der Waals surface area contributed by atoms with Gasteiger partial charge in [-0.15, -0.1) is 5.11 Å². The van der Waals surface area contributed by atoms with E-state index in [0.717, 1.165) is 0 Å². The van der Waals surface area contributed by atoms with Crippen molar-refractivity contribution in [1.82, 2.24) is 9.88 Å². The predicted octanol–water partition coefficient (Wildman–Crippen LogP) is 4.47. The summed E-state index contributed by atoms with van der Waals surface area (Å²) in [5, 5.41) is 13.1. The molecule has 0 radical (unpaired) electrons. The molecule has 0 aliphatic heterocycles. The molecule has 1 heterocycles. The number of aromatic nitrogens is 1. The Balaban J connectivity index is 2.53. The third-order valence-electron chi connectivity index (χ3n) is 3.92. The number of hydrogen-bond acceptors (Lipinski definition) is 8. The van der Waals surface area contributed by atoms with Gasteiger partial charge in [-0.1, -0.05) is 18.2 Å². The molecule has 2 N–H and O–H groups in total. The molecule has 0 saturated carbocycles. The van der Waals surface area contributed by atoms with E-state index in [1.54, 1.807) is 38.1 Å². The van der Waals surface area contributed by atoms with Crippen molar-refractivity contribution in [1.29, 1.82) is 0 Å². The lowest BCUT2D eigenvalue weighted by atomic mass is 10.3. The third-order valence-corrected chi connectivity index (χ3v) is 3.92. The molecule has 11 heteroatoms. The SMILES string of the molecule is CCN(CC)C(=O)Oc1cc(N=Nc2ccccc2)c(NC(=O)OC)nc1NC(C)=O. The molecule has 3 amide bonds. The fourth-order valence-electron chi connectivity index (χ4n) is 2.38. The van der Waals surface area contributed by atoms with E-state index in [2.05, 4.69) is 30.6 Å². The van der Waals surface area contributed by atoms with Gasteiger partial charge < -0.3 is 19.7 Å². The van der Waals surface area contributed by atoms with Crippen molar-refractivity contribution in [2.45, 2.75) is 20.8 Å². The second-order valence-corrected chi connectivity index (χ2v) is 6.08. The Kier molecular flexibility index (Phi) is 8.43. The fourth-order valence-corrected chi connectivity index (χ4v) is 2.38. The molecular weight excluding hydrogens is 404 g/mol. The number of rotatable bonds is 7. The molecule has 0 spiro atoms. The molecule has 0 unspecified atom stereocenters. The number of pyridine rings is 1. The van der Waals surface area contributed by atoms with E-state index in [4.69, 9.17) is 4.74 Å². The predicted molar refractivity (Wildman–Crippen MR) is 114 cm³/mol. The molecular formula is C20H24N6O5. The molecule has 0 aliphatic carbocycles. The van der Waals surface area contributed by atoms with Crippen molar-refractivity contribution in [2.75, 3.05) is 30.8 Å². The number of hydrogen-bond donors (Lipinski definition) is 2. The normalized spacial score (nSPS) is 10.5. The van der Waals surface area contributed by atoms with Gasteiger partial charge in [0, 0.05) is 26.1 Å². The lowest BCUT2D eigenvalue weighted by molar-refractivity contribution is -0.114. The highest BCUT2D eigenvalue weighted by molar-refractivity contribution is 5.93. The van der Waals surface area contributed by atoms with Crippen LogP contribution in [0.4, 0.5) is 32.6 Å². The topological polar surface area (TPSA) is 135 Å². The zero-order valence-electron chi connectivity index (χ0n) is 17.7. The Labute approximate surface area is 179 Å². The smallest absolute Gasteiger partial charge is 0.415 e. The van der Waals surface area contributed by atoms with E-state index in [-0.39, 0.29) is 23.1 Å². The molecule has 0 aliphatic rings. The number of amides is 3. The van der Waals surface area contributed by atoms with Crippen LogP contribution in [0.15, 0.2) is 46.6 Å². The molecule has 164 valence electrons. The minimum Gasteiger partial charge on any atom is -0.453 e. The maximum absolute atomic E-state index is 12.4. The van der Waals surface area contributed by atoms with E-state index in [0.29, 0.717) is 18.8 Å². The van der Waals surface area contributed by atoms with Crippen LogP contribution in [0.5, 0.6) is 5.75 Å². The fraction of sp³-hybridized carbons (Fsp3) is 0.300. The summed E-state index contributed by atoms with van der Waals surface area (Å²) in [7, 11) is 1.19. The molecule has 2 rings (SSSR count). The second-order valence-electron chi connectivity index (χ2n) is 6.08. The first-order chi connectivity index (χ1) is 14.9. The Morgan fingerprint density at radius 1 is 1.03 bits per heavy atom. The van der Waals surface area contributed by atoms with Gasteiger partial charge in [0.15, 0.2) is 17.4 Å². The van der Waals surface area contributed by atoms with Crippen molar-refractivity contribution in [3.8, 4) is 5.75 Å². The van der Waals surface area contributed by atoms with Crippen LogP contribution in [0.1, 0.15) is 20.8 Å². The highest BCUT2D eigenvalue weighted by Gasteiger charge is 2.20. The van der Waals surface area contributed by atoms with Crippen molar-refractivity contribution >= 4 is 41.1 Å². The average Bonchev–Trinajstić information content (AvgIpc) is 2.75. The van der Waals surface area contributed by atoms with Crippen LogP contribution >= 0.6 is 0 Å². The van der Waals surface area contributed by atoms with Gasteiger partial charge in [0.25, 0.3) is 0 Å². The van der Waals surface area contributed by atoms with Gasteiger partial charge in [-0.05, 0) is 26.0 Å². The van der Waals surface area contributed by atoms with E-state index < -0.39 is 18.1 Å². The number of ether oxygens (including phenoxy) is 2. The average molecular weight is 428 g/mol. The number of benzene rings is 1. The lowest BCUT2D eigenvalue weighted by Crippen LogP contribution is -2.33. The molecule has 1 aromatic heterocycles. The highest BCUT2D eigenvalue weighted by Crippen LogP contribution is 2.35. The molecule has 2 aromatic rings. The Morgan fingerprint density at radius 3 is 2.29 bits per heavy atom. The summed E-state index contributed by atoms with van der Waals surface area (Å²) >= 11 is 0. The van der Waals surface area contributed by atoms with Crippen LogP contribution < -0.4 is 15.4 Å². The Hall–Kier alpha value is -4.02. The van der Waals surface area contributed by atoms with Gasteiger partial charge in [0.05, 0.1) is 12.8 Å². The monoisotopic (exact) mass is 428 g/mol. The number of azo groups is 1. The summed E-state index contributed by atoms with van der Waals surface area (Å²) in [5.74, 6) is -0.615. The van der Waals surface area contributed by atoms with Crippen molar-refractivity contribution in [3.63, 3.8) is 0 Å². The number of methoxy groups -OCH3 is 1. The van der Waals surface area contributed by atoms with Gasteiger partial charge in [0.1, 0.15) is 5.69 Å². The Bertz CT molecular complexity index is 960. The van der Waals surface area contributed by atoms with Gasteiger partial charge in [0.2, 0.25) is 5.91 Å². The van der Waals surface area contributed by atoms with E-state index in [9.17, 15) is 14.4 Å². The number of nitrogens with zero attached hydrogens (tertiary/aromatic N) is 4. The van der Waals surface area contributed by atoms with E-state index >= 15 is 0 Å². The molecule has 11 nitrogen and oxygen atoms in total. The van der Waals surface area contributed by atoms with E-state index in [1.165, 1.54) is 25.0 Å². The first kappa shape index (κ1) is 23.3. The molecule has 0 atom stereocenters. The van der Waals surface area contributed by atoms with Crippen LogP contribution in [-0.4, -0.2) is 48.2 Å².